The molecular formula is C10H10F2O5. The van der Waals surface area contributed by atoms with Crippen molar-refractivity contribution in [3.63, 3.8) is 0 Å². The van der Waals surface area contributed by atoms with Gasteiger partial charge in [0.2, 0.25) is 0 Å². The van der Waals surface area contributed by atoms with Crippen molar-refractivity contribution < 1.29 is 33.3 Å². The van der Waals surface area contributed by atoms with Gasteiger partial charge in [-0.2, -0.15) is 8.78 Å². The van der Waals surface area contributed by atoms with Crippen molar-refractivity contribution in [2.45, 2.75) is 12.7 Å². The second-order valence-corrected chi connectivity index (χ2v) is 3.03. The van der Waals surface area contributed by atoms with E-state index >= 15 is 0 Å². The van der Waals surface area contributed by atoms with E-state index in [1.165, 1.54) is 19.2 Å². The molecule has 0 spiro atoms. The number of carboxylic acids is 1. The Morgan fingerprint density at radius 2 is 2.00 bits per heavy atom. The summed E-state index contributed by atoms with van der Waals surface area (Å²) in [6, 6.07) is 3.47. The van der Waals surface area contributed by atoms with Gasteiger partial charge < -0.3 is 19.7 Å². The fraction of sp³-hybridized carbons (Fsp3) is 0.300. The van der Waals surface area contributed by atoms with Crippen molar-refractivity contribution in [2.75, 3.05) is 7.11 Å². The van der Waals surface area contributed by atoms with Gasteiger partial charge in [-0.1, -0.05) is 6.07 Å². The van der Waals surface area contributed by atoms with Gasteiger partial charge in [-0.25, -0.2) is 4.79 Å². The minimum Gasteiger partial charge on any atom is -0.493 e. The monoisotopic (exact) mass is 248 g/mol. The van der Waals surface area contributed by atoms with E-state index in [0.29, 0.717) is 0 Å². The first-order valence-corrected chi connectivity index (χ1v) is 4.49. The number of methoxy groups -OCH3 is 1. The third-order valence-corrected chi connectivity index (χ3v) is 1.95. The zero-order chi connectivity index (χ0) is 13.0. The first kappa shape index (κ1) is 13.2. The van der Waals surface area contributed by atoms with Gasteiger partial charge in [-0.15, -0.1) is 0 Å². The first-order chi connectivity index (χ1) is 7.95. The second kappa shape index (κ2) is 5.44. The third-order valence-electron chi connectivity index (χ3n) is 1.95. The number of aliphatic hydroxyl groups is 1. The summed E-state index contributed by atoms with van der Waals surface area (Å²) in [5, 5.41) is 17.8. The molecule has 0 amide bonds. The molecule has 5 nitrogen and oxygen atoms in total. The van der Waals surface area contributed by atoms with Crippen molar-refractivity contribution in [3.05, 3.63) is 23.8 Å². The SMILES string of the molecule is COc1ccc(C(O)C(=O)O)cc1OC(F)F. The van der Waals surface area contributed by atoms with Crippen LogP contribution in [0.2, 0.25) is 0 Å². The Morgan fingerprint density at radius 1 is 1.35 bits per heavy atom. The zero-order valence-corrected chi connectivity index (χ0v) is 8.76. The van der Waals surface area contributed by atoms with E-state index in [1.54, 1.807) is 0 Å². The molecule has 0 saturated heterocycles. The molecule has 0 fully saturated rings. The molecule has 1 rings (SSSR count). The minimum atomic E-state index is -3.07. The summed E-state index contributed by atoms with van der Waals surface area (Å²) in [4.78, 5) is 10.5. The van der Waals surface area contributed by atoms with Gasteiger partial charge in [0.1, 0.15) is 0 Å². The van der Waals surface area contributed by atoms with Crippen LogP contribution in [0.3, 0.4) is 0 Å². The third kappa shape index (κ3) is 3.28. The number of carbonyl (C=O) groups is 1. The maximum Gasteiger partial charge on any atom is 0.387 e. The van der Waals surface area contributed by atoms with Gasteiger partial charge in [0.05, 0.1) is 7.11 Å². The van der Waals surface area contributed by atoms with Crippen LogP contribution in [0.1, 0.15) is 11.7 Å². The molecule has 1 atom stereocenters. The number of alkyl halides is 2. The van der Waals surface area contributed by atoms with Crippen molar-refractivity contribution in [2.24, 2.45) is 0 Å². The smallest absolute Gasteiger partial charge is 0.387 e. The molecule has 0 saturated carbocycles. The van der Waals surface area contributed by atoms with Gasteiger partial charge in [-0.3, -0.25) is 0 Å². The standard InChI is InChI=1S/C10H10F2O5/c1-16-6-3-2-5(8(13)9(14)15)4-7(6)17-10(11)12/h2-4,8,10,13H,1H3,(H,14,15). The number of rotatable bonds is 5. The van der Waals surface area contributed by atoms with Crippen LogP contribution in [0.25, 0.3) is 0 Å². The number of aliphatic hydroxyl groups excluding tert-OH is 1. The number of halogens is 2. The van der Waals surface area contributed by atoms with E-state index in [0.717, 1.165) is 6.07 Å². The van der Waals surface area contributed by atoms with Gasteiger partial charge in [-0.05, 0) is 17.7 Å². The summed E-state index contributed by atoms with van der Waals surface area (Å²) in [6.45, 7) is -3.07. The molecule has 7 heteroatoms. The van der Waals surface area contributed by atoms with E-state index in [1.807, 2.05) is 0 Å². The molecule has 94 valence electrons. The Labute approximate surface area is 95.2 Å². The lowest BCUT2D eigenvalue weighted by molar-refractivity contribution is -0.146. The molecule has 0 heterocycles. The molecular weight excluding hydrogens is 238 g/mol. The van der Waals surface area contributed by atoms with Crippen molar-refractivity contribution >= 4 is 5.97 Å². The van der Waals surface area contributed by atoms with Crippen molar-refractivity contribution in [1.29, 1.82) is 0 Å². The predicted molar refractivity (Wildman–Crippen MR) is 52.2 cm³/mol. The van der Waals surface area contributed by atoms with Gasteiger partial charge in [0.15, 0.2) is 17.6 Å². The Balaban J connectivity index is 3.08. The topological polar surface area (TPSA) is 76.0 Å². The average molecular weight is 248 g/mol. The lowest BCUT2D eigenvalue weighted by Crippen LogP contribution is -2.11. The van der Waals surface area contributed by atoms with Gasteiger partial charge >= 0.3 is 12.6 Å². The van der Waals surface area contributed by atoms with Crippen molar-refractivity contribution in [3.8, 4) is 11.5 Å². The summed E-state index contributed by atoms with van der Waals surface area (Å²) in [5.41, 5.74) is -0.0750. The van der Waals surface area contributed by atoms with Crippen LogP contribution in [0, 0.1) is 0 Å². The highest BCUT2D eigenvalue weighted by atomic mass is 19.3. The van der Waals surface area contributed by atoms with E-state index in [4.69, 9.17) is 9.84 Å². The summed E-state index contributed by atoms with van der Waals surface area (Å²) >= 11 is 0. The number of benzene rings is 1. The maximum absolute atomic E-state index is 12.1. The minimum absolute atomic E-state index is 0.0200. The van der Waals surface area contributed by atoms with E-state index in [9.17, 15) is 18.7 Å². The van der Waals surface area contributed by atoms with E-state index in [-0.39, 0.29) is 17.1 Å². The molecule has 0 radical (unpaired) electrons. The molecule has 17 heavy (non-hydrogen) atoms. The van der Waals surface area contributed by atoms with Gasteiger partial charge in [0, 0.05) is 0 Å². The fourth-order valence-corrected chi connectivity index (χ4v) is 1.19. The molecule has 0 aliphatic carbocycles. The Morgan fingerprint density at radius 3 is 2.47 bits per heavy atom. The van der Waals surface area contributed by atoms with Crippen molar-refractivity contribution in [1.82, 2.24) is 0 Å². The zero-order valence-electron chi connectivity index (χ0n) is 8.76. The Bertz CT molecular complexity index is 408. The highest BCUT2D eigenvalue weighted by molar-refractivity contribution is 5.74. The number of ether oxygens (including phenoxy) is 2. The van der Waals surface area contributed by atoms with Crippen LogP contribution in [0.15, 0.2) is 18.2 Å². The molecule has 1 aromatic rings. The lowest BCUT2D eigenvalue weighted by atomic mass is 10.1. The summed E-state index contributed by atoms with van der Waals surface area (Å²) < 4.78 is 33.0. The molecule has 1 aromatic carbocycles. The molecule has 0 aliphatic heterocycles. The largest absolute Gasteiger partial charge is 0.493 e. The molecule has 2 N–H and O–H groups in total. The Hall–Kier alpha value is -1.89. The van der Waals surface area contributed by atoms with Crippen LogP contribution >= 0.6 is 0 Å². The maximum atomic E-state index is 12.1. The lowest BCUT2D eigenvalue weighted by Gasteiger charge is -2.12. The molecule has 1 unspecified atom stereocenters. The summed E-state index contributed by atoms with van der Waals surface area (Å²) in [7, 11) is 1.25. The Kier molecular flexibility index (Phi) is 4.22. The second-order valence-electron chi connectivity index (χ2n) is 3.03. The molecule has 0 bridgehead atoms. The van der Waals surface area contributed by atoms with Crippen LogP contribution in [-0.4, -0.2) is 29.9 Å². The highest BCUT2D eigenvalue weighted by Crippen LogP contribution is 2.31. The number of hydrogen-bond donors (Lipinski definition) is 2. The average Bonchev–Trinajstić information content (AvgIpc) is 2.27. The van der Waals surface area contributed by atoms with E-state index < -0.39 is 18.7 Å². The summed E-state index contributed by atoms with van der Waals surface area (Å²) in [6.07, 6.45) is -1.80. The number of aliphatic carboxylic acids is 1. The van der Waals surface area contributed by atoms with Crippen LogP contribution < -0.4 is 9.47 Å². The number of carboxylic acid groups (broad SMARTS) is 1. The molecule has 0 aromatic heterocycles. The number of hydrogen-bond acceptors (Lipinski definition) is 4. The quantitative estimate of drug-likeness (QED) is 0.824. The predicted octanol–water partition coefficient (Wildman–Crippen LogP) is 1.41. The fourth-order valence-electron chi connectivity index (χ4n) is 1.19. The van der Waals surface area contributed by atoms with Crippen LogP contribution in [0.4, 0.5) is 8.78 Å². The first-order valence-electron chi connectivity index (χ1n) is 4.49. The molecule has 0 aliphatic rings. The van der Waals surface area contributed by atoms with Crippen LogP contribution in [-0.2, 0) is 4.79 Å². The van der Waals surface area contributed by atoms with E-state index in [2.05, 4.69) is 4.74 Å². The van der Waals surface area contributed by atoms with Crippen LogP contribution in [0.5, 0.6) is 11.5 Å². The summed E-state index contributed by atoms with van der Waals surface area (Å²) in [5.74, 6) is -1.80. The highest BCUT2D eigenvalue weighted by Gasteiger charge is 2.19. The van der Waals surface area contributed by atoms with Gasteiger partial charge in [0.25, 0.3) is 0 Å². The normalized spacial score (nSPS) is 12.3.